The second-order valence-electron chi connectivity index (χ2n) is 9.62. The number of likely N-dealkylation sites (tertiary alicyclic amines) is 1. The minimum Gasteiger partial charge on any atom is -0.454 e. The standard InChI is InChI=1S/C27H35N3O3/c1-21-4-6-22(7-5-21)9-11-27(31)30-12-2-3-24(19-30)29-15-13-28(14-16-29)18-23-8-10-25-26(17-23)33-20-32-25/h4-8,10,17,24H,2-3,9,11-16,18-20H2,1H3. The molecule has 1 unspecified atom stereocenters. The van der Waals surface area contributed by atoms with Crippen molar-refractivity contribution in [3.63, 3.8) is 0 Å². The summed E-state index contributed by atoms with van der Waals surface area (Å²) < 4.78 is 10.9. The van der Waals surface area contributed by atoms with Crippen LogP contribution in [0.5, 0.6) is 11.5 Å². The van der Waals surface area contributed by atoms with Crippen molar-refractivity contribution in [2.24, 2.45) is 0 Å². The molecule has 2 fully saturated rings. The van der Waals surface area contributed by atoms with Gasteiger partial charge in [-0.25, -0.2) is 0 Å². The van der Waals surface area contributed by atoms with E-state index in [1.165, 1.54) is 23.1 Å². The number of amides is 1. The molecule has 176 valence electrons. The number of rotatable bonds is 6. The molecule has 0 aromatic heterocycles. The zero-order valence-electron chi connectivity index (χ0n) is 19.7. The largest absolute Gasteiger partial charge is 0.454 e. The molecule has 1 amide bonds. The summed E-state index contributed by atoms with van der Waals surface area (Å²) in [5, 5.41) is 0. The molecule has 5 rings (SSSR count). The van der Waals surface area contributed by atoms with Crippen molar-refractivity contribution in [1.29, 1.82) is 0 Å². The fraction of sp³-hybridized carbons (Fsp3) is 0.519. The Bertz CT molecular complexity index is 954. The molecule has 0 radical (unpaired) electrons. The fourth-order valence-electron chi connectivity index (χ4n) is 5.23. The molecule has 2 aromatic carbocycles. The SMILES string of the molecule is Cc1ccc(CCC(=O)N2CCCC(N3CCN(Cc4ccc5c(c4)OCO5)CC3)C2)cc1. The second-order valence-corrected chi connectivity index (χ2v) is 9.62. The third kappa shape index (κ3) is 5.50. The number of hydrogen-bond donors (Lipinski definition) is 0. The van der Waals surface area contributed by atoms with Crippen molar-refractivity contribution in [2.45, 2.75) is 45.2 Å². The molecule has 1 atom stereocenters. The summed E-state index contributed by atoms with van der Waals surface area (Å²) in [6, 6.07) is 15.3. The van der Waals surface area contributed by atoms with Crippen molar-refractivity contribution in [2.75, 3.05) is 46.1 Å². The van der Waals surface area contributed by atoms with E-state index in [4.69, 9.17) is 9.47 Å². The summed E-state index contributed by atoms with van der Waals surface area (Å²) in [7, 11) is 0. The van der Waals surface area contributed by atoms with Gasteiger partial charge in [0, 0.05) is 58.3 Å². The first-order valence-electron chi connectivity index (χ1n) is 12.3. The smallest absolute Gasteiger partial charge is 0.231 e. The van der Waals surface area contributed by atoms with Crippen molar-refractivity contribution in [1.82, 2.24) is 14.7 Å². The lowest BCUT2D eigenvalue weighted by atomic mass is 10.0. The van der Waals surface area contributed by atoms with Crippen molar-refractivity contribution in [3.05, 3.63) is 59.2 Å². The van der Waals surface area contributed by atoms with E-state index in [1.807, 2.05) is 6.07 Å². The summed E-state index contributed by atoms with van der Waals surface area (Å²) in [6.07, 6.45) is 3.75. The zero-order chi connectivity index (χ0) is 22.6. The topological polar surface area (TPSA) is 45.3 Å². The Morgan fingerprint density at radius 2 is 1.70 bits per heavy atom. The highest BCUT2D eigenvalue weighted by Gasteiger charge is 2.30. The van der Waals surface area contributed by atoms with Crippen LogP contribution in [0.1, 0.15) is 36.0 Å². The number of carbonyl (C=O) groups is 1. The number of fused-ring (bicyclic) bond motifs is 1. The highest BCUT2D eigenvalue weighted by molar-refractivity contribution is 5.76. The van der Waals surface area contributed by atoms with Gasteiger partial charge >= 0.3 is 0 Å². The average Bonchev–Trinajstić information content (AvgIpc) is 3.32. The highest BCUT2D eigenvalue weighted by Crippen LogP contribution is 2.33. The van der Waals surface area contributed by atoms with Crippen LogP contribution in [0.4, 0.5) is 0 Å². The second kappa shape index (κ2) is 10.1. The molecule has 0 N–H and O–H groups in total. The van der Waals surface area contributed by atoms with Crippen LogP contribution in [0.15, 0.2) is 42.5 Å². The van der Waals surface area contributed by atoms with E-state index in [-0.39, 0.29) is 0 Å². The van der Waals surface area contributed by atoms with Gasteiger partial charge in [0.25, 0.3) is 0 Å². The Hall–Kier alpha value is -2.57. The minimum atomic E-state index is 0.307. The maximum absolute atomic E-state index is 12.9. The molecule has 0 saturated carbocycles. The average molecular weight is 450 g/mol. The maximum atomic E-state index is 12.9. The normalized spacial score (nSPS) is 21.4. The molecular weight excluding hydrogens is 414 g/mol. The monoisotopic (exact) mass is 449 g/mol. The van der Waals surface area contributed by atoms with Gasteiger partial charge in [-0.15, -0.1) is 0 Å². The van der Waals surface area contributed by atoms with E-state index < -0.39 is 0 Å². The van der Waals surface area contributed by atoms with E-state index in [0.717, 1.165) is 70.2 Å². The van der Waals surface area contributed by atoms with E-state index in [9.17, 15) is 4.79 Å². The van der Waals surface area contributed by atoms with Crippen LogP contribution in [-0.2, 0) is 17.8 Å². The Labute approximate surface area is 197 Å². The Kier molecular flexibility index (Phi) is 6.83. The number of hydrogen-bond acceptors (Lipinski definition) is 5. The number of aryl methyl sites for hydroxylation is 2. The molecule has 3 aliphatic rings. The molecule has 6 heteroatoms. The number of benzene rings is 2. The first-order chi connectivity index (χ1) is 16.1. The van der Waals surface area contributed by atoms with Gasteiger partial charge in [0.15, 0.2) is 11.5 Å². The van der Waals surface area contributed by atoms with Crippen molar-refractivity contribution >= 4 is 5.91 Å². The van der Waals surface area contributed by atoms with E-state index in [2.05, 4.69) is 58.0 Å². The van der Waals surface area contributed by atoms with E-state index >= 15 is 0 Å². The van der Waals surface area contributed by atoms with Gasteiger partial charge in [-0.05, 0) is 49.4 Å². The Morgan fingerprint density at radius 1 is 0.939 bits per heavy atom. The van der Waals surface area contributed by atoms with Gasteiger partial charge in [0.2, 0.25) is 12.7 Å². The van der Waals surface area contributed by atoms with Crippen LogP contribution >= 0.6 is 0 Å². The molecule has 6 nitrogen and oxygen atoms in total. The summed E-state index contributed by atoms with van der Waals surface area (Å²) in [4.78, 5) is 20.1. The molecule has 0 spiro atoms. The van der Waals surface area contributed by atoms with Gasteiger partial charge in [0.1, 0.15) is 0 Å². The Balaban J connectivity index is 1.08. The van der Waals surface area contributed by atoms with Crippen molar-refractivity contribution < 1.29 is 14.3 Å². The first-order valence-corrected chi connectivity index (χ1v) is 12.3. The summed E-state index contributed by atoms with van der Waals surface area (Å²) >= 11 is 0. The van der Waals surface area contributed by atoms with Crippen LogP contribution in [-0.4, -0.2) is 72.7 Å². The molecule has 0 bridgehead atoms. The van der Waals surface area contributed by atoms with Crippen LogP contribution in [0, 0.1) is 6.92 Å². The van der Waals surface area contributed by atoms with E-state index in [1.54, 1.807) is 0 Å². The molecule has 3 aliphatic heterocycles. The lowest BCUT2D eigenvalue weighted by molar-refractivity contribution is -0.133. The molecule has 2 saturated heterocycles. The zero-order valence-corrected chi connectivity index (χ0v) is 19.7. The molecule has 3 heterocycles. The predicted molar refractivity (Wildman–Crippen MR) is 129 cm³/mol. The minimum absolute atomic E-state index is 0.307. The number of carbonyl (C=O) groups excluding carboxylic acids is 1. The molecule has 2 aromatic rings. The summed E-state index contributed by atoms with van der Waals surface area (Å²) in [5.74, 6) is 2.01. The summed E-state index contributed by atoms with van der Waals surface area (Å²) in [5.41, 5.74) is 3.79. The van der Waals surface area contributed by atoms with E-state index in [0.29, 0.717) is 25.2 Å². The van der Waals surface area contributed by atoms with Gasteiger partial charge in [-0.2, -0.15) is 0 Å². The Morgan fingerprint density at radius 3 is 2.52 bits per heavy atom. The lowest BCUT2D eigenvalue weighted by Gasteiger charge is -2.43. The lowest BCUT2D eigenvalue weighted by Crippen LogP contribution is -2.55. The third-order valence-corrected chi connectivity index (χ3v) is 7.26. The maximum Gasteiger partial charge on any atom is 0.231 e. The molecule has 33 heavy (non-hydrogen) atoms. The van der Waals surface area contributed by atoms with Crippen LogP contribution in [0.2, 0.25) is 0 Å². The number of piperazine rings is 1. The molecule has 0 aliphatic carbocycles. The van der Waals surface area contributed by atoms with Gasteiger partial charge in [-0.3, -0.25) is 14.6 Å². The van der Waals surface area contributed by atoms with Gasteiger partial charge < -0.3 is 14.4 Å². The fourth-order valence-corrected chi connectivity index (χ4v) is 5.23. The predicted octanol–water partition coefficient (Wildman–Crippen LogP) is 3.47. The summed E-state index contributed by atoms with van der Waals surface area (Å²) in [6.45, 7) is 9.42. The van der Waals surface area contributed by atoms with Gasteiger partial charge in [-0.1, -0.05) is 35.9 Å². The number of nitrogens with zero attached hydrogens (tertiary/aromatic N) is 3. The molecular formula is C27H35N3O3. The van der Waals surface area contributed by atoms with Crippen LogP contribution < -0.4 is 9.47 Å². The van der Waals surface area contributed by atoms with Gasteiger partial charge in [0.05, 0.1) is 0 Å². The van der Waals surface area contributed by atoms with Crippen LogP contribution in [0.3, 0.4) is 0 Å². The highest BCUT2D eigenvalue weighted by atomic mass is 16.7. The number of piperidine rings is 1. The third-order valence-electron chi connectivity index (χ3n) is 7.26. The number of ether oxygens (including phenoxy) is 2. The van der Waals surface area contributed by atoms with Crippen molar-refractivity contribution in [3.8, 4) is 11.5 Å². The first kappa shape index (κ1) is 22.2. The quantitative estimate of drug-likeness (QED) is 0.676. The van der Waals surface area contributed by atoms with Crippen LogP contribution in [0.25, 0.3) is 0 Å².